The smallest absolute Gasteiger partial charge is 0.264 e. The van der Waals surface area contributed by atoms with Gasteiger partial charge >= 0.3 is 0 Å². The SMILES string of the molecule is CNC(=O)C(Cc1ccccc1)N(Cc1ccc(C)cc1)C(=O)CN(c1cccc(C)c1C)S(=O)(=O)c1ccc(C)cc1. The average Bonchev–Trinajstić information content (AvgIpc) is 3.00. The van der Waals surface area contributed by atoms with Gasteiger partial charge in [0.25, 0.3) is 10.0 Å². The summed E-state index contributed by atoms with van der Waals surface area (Å²) in [5.74, 6) is -0.814. The highest BCUT2D eigenvalue weighted by Crippen LogP contribution is 2.29. The zero-order valence-corrected chi connectivity index (χ0v) is 26.2. The fourth-order valence-electron chi connectivity index (χ4n) is 4.97. The molecular weight excluding hydrogens is 558 g/mol. The molecule has 0 fully saturated rings. The summed E-state index contributed by atoms with van der Waals surface area (Å²) in [6.45, 7) is 7.27. The zero-order chi connectivity index (χ0) is 31.1. The van der Waals surface area contributed by atoms with Crippen LogP contribution >= 0.6 is 0 Å². The molecular formula is C35H39N3O4S. The summed E-state index contributed by atoms with van der Waals surface area (Å²) < 4.78 is 29.6. The lowest BCUT2D eigenvalue weighted by Gasteiger charge is -2.34. The number of carbonyl (C=O) groups is 2. The van der Waals surface area contributed by atoms with E-state index in [1.807, 2.05) is 88.4 Å². The topological polar surface area (TPSA) is 86.8 Å². The predicted molar refractivity (Wildman–Crippen MR) is 171 cm³/mol. The first-order valence-electron chi connectivity index (χ1n) is 14.3. The Hall–Kier alpha value is -4.43. The maximum absolute atomic E-state index is 14.4. The van der Waals surface area contributed by atoms with Crippen LogP contribution in [0, 0.1) is 27.7 Å². The number of likely N-dealkylation sites (N-methyl/N-ethyl adjacent to an activating group) is 1. The van der Waals surface area contributed by atoms with Crippen molar-refractivity contribution in [3.8, 4) is 0 Å². The normalized spacial score (nSPS) is 11.9. The van der Waals surface area contributed by atoms with Crippen molar-refractivity contribution in [1.29, 1.82) is 0 Å². The van der Waals surface area contributed by atoms with E-state index in [2.05, 4.69) is 5.32 Å². The van der Waals surface area contributed by atoms with E-state index in [9.17, 15) is 18.0 Å². The van der Waals surface area contributed by atoms with E-state index in [1.165, 1.54) is 9.21 Å². The molecule has 4 aromatic carbocycles. The maximum atomic E-state index is 14.4. The minimum absolute atomic E-state index is 0.0871. The first-order valence-corrected chi connectivity index (χ1v) is 15.7. The third kappa shape index (κ3) is 7.51. The summed E-state index contributed by atoms with van der Waals surface area (Å²) in [5, 5.41) is 2.71. The van der Waals surface area contributed by atoms with E-state index < -0.39 is 28.5 Å². The molecule has 2 amide bonds. The lowest BCUT2D eigenvalue weighted by molar-refractivity contribution is -0.139. The van der Waals surface area contributed by atoms with Crippen LogP contribution in [0.4, 0.5) is 5.69 Å². The molecule has 0 aliphatic rings. The molecule has 0 aliphatic heterocycles. The Balaban J connectivity index is 1.81. The van der Waals surface area contributed by atoms with Gasteiger partial charge in [-0.15, -0.1) is 0 Å². The van der Waals surface area contributed by atoms with Crippen molar-refractivity contribution in [3.05, 3.63) is 130 Å². The molecule has 1 N–H and O–H groups in total. The van der Waals surface area contributed by atoms with Crippen molar-refractivity contribution in [3.63, 3.8) is 0 Å². The van der Waals surface area contributed by atoms with Gasteiger partial charge in [-0.05, 0) is 68.1 Å². The maximum Gasteiger partial charge on any atom is 0.264 e. The lowest BCUT2D eigenvalue weighted by Crippen LogP contribution is -2.53. The first kappa shape index (κ1) is 31.5. The second kappa shape index (κ2) is 13.7. The quantitative estimate of drug-likeness (QED) is 0.247. The molecule has 7 nitrogen and oxygen atoms in total. The molecule has 0 bridgehead atoms. The summed E-state index contributed by atoms with van der Waals surface area (Å²) in [6.07, 6.45) is 0.270. The molecule has 0 radical (unpaired) electrons. The number of hydrogen-bond donors (Lipinski definition) is 1. The Labute approximate surface area is 255 Å². The van der Waals surface area contributed by atoms with Crippen LogP contribution in [0.5, 0.6) is 0 Å². The van der Waals surface area contributed by atoms with E-state index >= 15 is 0 Å². The van der Waals surface area contributed by atoms with Gasteiger partial charge in [0.2, 0.25) is 11.8 Å². The Morgan fingerprint density at radius 1 is 0.744 bits per heavy atom. The van der Waals surface area contributed by atoms with Crippen molar-refractivity contribution in [2.45, 2.75) is 51.6 Å². The van der Waals surface area contributed by atoms with Crippen LogP contribution in [0.2, 0.25) is 0 Å². The summed E-state index contributed by atoms with van der Waals surface area (Å²) in [4.78, 5) is 29.4. The highest BCUT2D eigenvalue weighted by atomic mass is 32.2. The van der Waals surface area contributed by atoms with Gasteiger partial charge in [-0.1, -0.05) is 90.0 Å². The largest absolute Gasteiger partial charge is 0.357 e. The molecule has 8 heteroatoms. The second-order valence-electron chi connectivity index (χ2n) is 10.9. The van der Waals surface area contributed by atoms with Crippen LogP contribution in [-0.2, 0) is 32.6 Å². The molecule has 4 aromatic rings. The van der Waals surface area contributed by atoms with Crippen LogP contribution in [0.25, 0.3) is 0 Å². The van der Waals surface area contributed by atoms with Gasteiger partial charge in [0, 0.05) is 20.0 Å². The van der Waals surface area contributed by atoms with Crippen LogP contribution in [0.15, 0.2) is 102 Å². The minimum atomic E-state index is -4.14. The monoisotopic (exact) mass is 597 g/mol. The van der Waals surface area contributed by atoms with Crippen LogP contribution in [0.1, 0.15) is 33.4 Å². The van der Waals surface area contributed by atoms with E-state index in [1.54, 1.807) is 43.4 Å². The molecule has 1 unspecified atom stereocenters. The molecule has 0 spiro atoms. The number of hydrogen-bond acceptors (Lipinski definition) is 4. The van der Waals surface area contributed by atoms with Crippen molar-refractivity contribution < 1.29 is 18.0 Å². The average molecular weight is 598 g/mol. The molecule has 4 rings (SSSR count). The molecule has 43 heavy (non-hydrogen) atoms. The van der Waals surface area contributed by atoms with E-state index in [4.69, 9.17) is 0 Å². The number of amides is 2. The Kier molecular flexibility index (Phi) is 10.0. The van der Waals surface area contributed by atoms with Gasteiger partial charge in [-0.2, -0.15) is 0 Å². The van der Waals surface area contributed by atoms with Gasteiger partial charge in [0.1, 0.15) is 12.6 Å². The first-order chi connectivity index (χ1) is 20.5. The van der Waals surface area contributed by atoms with E-state index in [0.29, 0.717) is 5.69 Å². The molecule has 0 aliphatic carbocycles. The number of carbonyl (C=O) groups excluding carboxylic acids is 2. The highest BCUT2D eigenvalue weighted by Gasteiger charge is 2.34. The van der Waals surface area contributed by atoms with Gasteiger partial charge < -0.3 is 10.2 Å². The van der Waals surface area contributed by atoms with Crippen molar-refractivity contribution in [2.24, 2.45) is 0 Å². The molecule has 0 aromatic heterocycles. The van der Waals surface area contributed by atoms with Crippen LogP contribution < -0.4 is 9.62 Å². The predicted octanol–water partition coefficient (Wildman–Crippen LogP) is 5.50. The van der Waals surface area contributed by atoms with Gasteiger partial charge in [-0.25, -0.2) is 8.42 Å². The lowest BCUT2D eigenvalue weighted by atomic mass is 10.0. The Bertz CT molecular complexity index is 1670. The summed E-state index contributed by atoms with van der Waals surface area (Å²) in [5.41, 5.74) is 5.79. The van der Waals surface area contributed by atoms with E-state index in [-0.39, 0.29) is 23.8 Å². The minimum Gasteiger partial charge on any atom is -0.357 e. The molecule has 0 heterocycles. The number of nitrogens with zero attached hydrogens (tertiary/aromatic N) is 2. The highest BCUT2D eigenvalue weighted by molar-refractivity contribution is 7.92. The number of rotatable bonds is 11. The van der Waals surface area contributed by atoms with Crippen molar-refractivity contribution >= 4 is 27.5 Å². The summed E-state index contributed by atoms with van der Waals surface area (Å²) in [7, 11) is -2.60. The fourth-order valence-corrected chi connectivity index (χ4v) is 6.44. The summed E-state index contributed by atoms with van der Waals surface area (Å²) >= 11 is 0. The fraction of sp³-hybridized carbons (Fsp3) is 0.257. The third-order valence-corrected chi connectivity index (χ3v) is 9.50. The third-order valence-electron chi connectivity index (χ3n) is 7.72. The Morgan fingerprint density at radius 2 is 1.35 bits per heavy atom. The van der Waals surface area contributed by atoms with Crippen LogP contribution in [-0.4, -0.2) is 44.8 Å². The molecule has 1 atom stereocenters. The number of sulfonamides is 1. The standard InChI is InChI=1S/C35H39N3O4S/c1-25-14-18-30(19-15-25)23-37(33(35(40)36-5)22-29-11-7-6-8-12-29)34(39)24-38(32-13-9-10-27(3)28(32)4)43(41,42)31-20-16-26(2)17-21-31/h6-21,33H,22-24H2,1-5H3,(H,36,40). The number of benzene rings is 4. The number of nitrogens with one attached hydrogen (secondary N) is 1. The van der Waals surface area contributed by atoms with Crippen molar-refractivity contribution in [2.75, 3.05) is 17.9 Å². The number of aryl methyl sites for hydroxylation is 3. The Morgan fingerprint density at radius 3 is 1.95 bits per heavy atom. The molecule has 0 saturated heterocycles. The number of anilines is 1. The second-order valence-corrected chi connectivity index (χ2v) is 12.7. The molecule has 0 saturated carbocycles. The zero-order valence-electron chi connectivity index (χ0n) is 25.4. The summed E-state index contributed by atoms with van der Waals surface area (Å²) in [6, 6.07) is 28.4. The molecule has 224 valence electrons. The van der Waals surface area contributed by atoms with Gasteiger partial charge in [0.05, 0.1) is 10.6 Å². The van der Waals surface area contributed by atoms with Crippen LogP contribution in [0.3, 0.4) is 0 Å². The van der Waals surface area contributed by atoms with E-state index in [0.717, 1.165) is 33.4 Å². The van der Waals surface area contributed by atoms with Crippen molar-refractivity contribution in [1.82, 2.24) is 10.2 Å². The van der Waals surface area contributed by atoms with Gasteiger partial charge in [0.15, 0.2) is 0 Å². The van der Waals surface area contributed by atoms with Gasteiger partial charge in [-0.3, -0.25) is 13.9 Å².